The van der Waals surface area contributed by atoms with Crippen LogP contribution in [0.25, 0.3) is 0 Å². The summed E-state index contributed by atoms with van der Waals surface area (Å²) < 4.78 is 52.2. The lowest BCUT2D eigenvalue weighted by atomic mass is 10.1. The number of nitrogens with one attached hydrogen (secondary N) is 1. The largest absolute Gasteiger partial charge is 0.418 e. The number of rotatable bonds is 1. The van der Waals surface area contributed by atoms with Crippen molar-refractivity contribution >= 4 is 11.7 Å². The summed E-state index contributed by atoms with van der Waals surface area (Å²) >= 11 is 0. The van der Waals surface area contributed by atoms with Gasteiger partial charge in [-0.1, -0.05) is 0 Å². The van der Waals surface area contributed by atoms with Crippen LogP contribution in [0, 0.1) is 5.82 Å². The maximum atomic E-state index is 13.1. The van der Waals surface area contributed by atoms with Crippen molar-refractivity contribution in [1.82, 2.24) is 9.80 Å². The van der Waals surface area contributed by atoms with Gasteiger partial charge in [-0.05, 0) is 44.5 Å². The minimum Gasteiger partial charge on any atom is -0.323 e. The molecule has 8 heteroatoms. The number of urea groups is 1. The van der Waals surface area contributed by atoms with Crippen LogP contribution < -0.4 is 5.32 Å². The van der Waals surface area contributed by atoms with Crippen molar-refractivity contribution in [2.45, 2.75) is 37.5 Å². The Kier molecular flexibility index (Phi) is 4.42. The van der Waals surface area contributed by atoms with Crippen LogP contribution in [0.4, 0.5) is 28.0 Å². The van der Waals surface area contributed by atoms with Gasteiger partial charge in [0.05, 0.1) is 11.3 Å². The van der Waals surface area contributed by atoms with Crippen molar-refractivity contribution in [3.63, 3.8) is 0 Å². The molecule has 2 aliphatic heterocycles. The van der Waals surface area contributed by atoms with Gasteiger partial charge in [0.1, 0.15) is 5.82 Å². The number of hydrogen-bond acceptors (Lipinski definition) is 2. The van der Waals surface area contributed by atoms with Crippen LogP contribution in [0.15, 0.2) is 18.2 Å². The Bertz CT molecular complexity index is 634. The lowest BCUT2D eigenvalue weighted by Gasteiger charge is -2.26. The molecule has 2 atom stereocenters. The number of fused-ring (bicyclic) bond motifs is 2. The molecule has 24 heavy (non-hydrogen) atoms. The number of likely N-dealkylation sites (N-methyl/N-ethyl adjacent to an activating group) is 1. The van der Waals surface area contributed by atoms with Gasteiger partial charge in [-0.3, -0.25) is 4.90 Å². The Balaban J connectivity index is 1.76. The van der Waals surface area contributed by atoms with E-state index in [9.17, 15) is 22.4 Å². The third-order valence-electron chi connectivity index (χ3n) is 4.96. The highest BCUT2D eigenvalue weighted by molar-refractivity contribution is 5.90. The Hall–Kier alpha value is -1.83. The van der Waals surface area contributed by atoms with Crippen LogP contribution >= 0.6 is 0 Å². The number of nitrogens with zero attached hydrogens (tertiary/aromatic N) is 2. The highest BCUT2D eigenvalue weighted by atomic mass is 19.4. The number of hydrogen-bond donors (Lipinski definition) is 1. The summed E-state index contributed by atoms with van der Waals surface area (Å²) in [5.41, 5.74) is -1.60. The first kappa shape index (κ1) is 17.0. The van der Waals surface area contributed by atoms with Crippen LogP contribution in [0.1, 0.15) is 24.8 Å². The second-order valence-corrected chi connectivity index (χ2v) is 6.40. The molecule has 1 N–H and O–H groups in total. The van der Waals surface area contributed by atoms with E-state index in [1.165, 1.54) is 0 Å². The molecule has 2 fully saturated rings. The fraction of sp³-hybridized carbons (Fsp3) is 0.562. The quantitative estimate of drug-likeness (QED) is 0.790. The average molecular weight is 345 g/mol. The standard InChI is InChI=1S/C16H19F4N3O/c1-22-11-3-4-12(22)9-23(7-6-11)15(24)21-14-5-2-10(17)8-13(14)16(18,19)20/h2,5,8,11-12H,3-4,6-7,9H2,1H3,(H,21,24). The Morgan fingerprint density at radius 3 is 2.62 bits per heavy atom. The van der Waals surface area contributed by atoms with E-state index in [4.69, 9.17) is 0 Å². The van der Waals surface area contributed by atoms with Crippen LogP contribution in [-0.2, 0) is 6.18 Å². The third kappa shape index (κ3) is 3.33. The zero-order chi connectivity index (χ0) is 17.5. The smallest absolute Gasteiger partial charge is 0.323 e. The van der Waals surface area contributed by atoms with Gasteiger partial charge in [0.2, 0.25) is 0 Å². The predicted octanol–water partition coefficient (Wildman–Crippen LogP) is 3.54. The maximum absolute atomic E-state index is 13.1. The fourth-order valence-electron chi connectivity index (χ4n) is 3.55. The highest BCUT2D eigenvalue weighted by Gasteiger charge is 2.37. The van der Waals surface area contributed by atoms with E-state index in [2.05, 4.69) is 10.2 Å². The summed E-state index contributed by atoms with van der Waals surface area (Å²) in [6.45, 7) is 0.987. The molecule has 4 nitrogen and oxygen atoms in total. The molecule has 1 aromatic carbocycles. The van der Waals surface area contributed by atoms with E-state index in [1.54, 1.807) is 4.90 Å². The molecule has 2 unspecified atom stereocenters. The van der Waals surface area contributed by atoms with Crippen LogP contribution in [0.2, 0.25) is 0 Å². The normalized spacial score (nSPS) is 24.8. The first-order chi connectivity index (χ1) is 11.3. The molecule has 132 valence electrons. The summed E-state index contributed by atoms with van der Waals surface area (Å²) in [4.78, 5) is 16.2. The van der Waals surface area contributed by atoms with Crippen LogP contribution in [0.3, 0.4) is 0 Å². The van der Waals surface area contributed by atoms with Gasteiger partial charge >= 0.3 is 12.2 Å². The van der Waals surface area contributed by atoms with Crippen LogP contribution in [0.5, 0.6) is 0 Å². The van der Waals surface area contributed by atoms with Crippen molar-refractivity contribution in [3.8, 4) is 0 Å². The topological polar surface area (TPSA) is 35.6 Å². The zero-order valence-electron chi connectivity index (χ0n) is 13.2. The van der Waals surface area contributed by atoms with Gasteiger partial charge in [-0.2, -0.15) is 13.2 Å². The van der Waals surface area contributed by atoms with Gasteiger partial charge in [-0.25, -0.2) is 9.18 Å². The van der Waals surface area contributed by atoms with Crippen molar-refractivity contribution in [2.75, 3.05) is 25.5 Å². The monoisotopic (exact) mass is 345 g/mol. The summed E-state index contributed by atoms with van der Waals surface area (Å²) in [5, 5.41) is 2.30. The highest BCUT2D eigenvalue weighted by Crippen LogP contribution is 2.35. The molecule has 2 amide bonds. The molecule has 2 bridgehead atoms. The molecule has 0 aromatic heterocycles. The van der Waals surface area contributed by atoms with E-state index in [0.29, 0.717) is 25.2 Å². The third-order valence-corrected chi connectivity index (χ3v) is 4.96. The van der Waals surface area contributed by atoms with Gasteiger partial charge in [0.25, 0.3) is 0 Å². The lowest BCUT2D eigenvalue weighted by molar-refractivity contribution is -0.137. The average Bonchev–Trinajstić information content (AvgIpc) is 2.72. The Morgan fingerprint density at radius 1 is 1.21 bits per heavy atom. The number of alkyl halides is 3. The summed E-state index contributed by atoms with van der Waals surface area (Å²) in [5.74, 6) is -0.992. The number of carbonyl (C=O) groups is 1. The number of carbonyl (C=O) groups excluding carboxylic acids is 1. The molecule has 0 aliphatic carbocycles. The Labute approximate surface area is 137 Å². The lowest BCUT2D eigenvalue weighted by Crippen LogP contribution is -2.42. The molecule has 2 aliphatic rings. The van der Waals surface area contributed by atoms with Gasteiger partial charge < -0.3 is 10.2 Å². The SMILES string of the molecule is CN1C2CCC1CN(C(=O)Nc1ccc(F)cc1C(F)(F)F)CC2. The second kappa shape index (κ2) is 6.23. The zero-order valence-corrected chi connectivity index (χ0v) is 13.2. The molecule has 0 radical (unpaired) electrons. The van der Waals surface area contributed by atoms with Crippen molar-refractivity contribution in [1.29, 1.82) is 0 Å². The van der Waals surface area contributed by atoms with Gasteiger partial charge in [-0.15, -0.1) is 0 Å². The first-order valence-corrected chi connectivity index (χ1v) is 7.90. The van der Waals surface area contributed by atoms with Crippen LogP contribution in [-0.4, -0.2) is 48.1 Å². The number of likely N-dealkylation sites (tertiary alicyclic amines) is 1. The molecule has 2 saturated heterocycles. The maximum Gasteiger partial charge on any atom is 0.418 e. The fourth-order valence-corrected chi connectivity index (χ4v) is 3.55. The van der Waals surface area contributed by atoms with E-state index in [1.807, 2.05) is 7.05 Å². The number of amides is 2. The molecule has 0 spiro atoms. The minimum atomic E-state index is -4.73. The second-order valence-electron chi connectivity index (χ2n) is 6.40. The van der Waals surface area contributed by atoms with Crippen molar-refractivity contribution in [2.24, 2.45) is 0 Å². The van der Waals surface area contributed by atoms with E-state index in [-0.39, 0.29) is 6.04 Å². The summed E-state index contributed by atoms with van der Waals surface area (Å²) in [6, 6.07) is 2.33. The summed E-state index contributed by atoms with van der Waals surface area (Å²) in [7, 11) is 2.02. The molecule has 0 saturated carbocycles. The van der Waals surface area contributed by atoms with Crippen molar-refractivity contribution < 1.29 is 22.4 Å². The molecule has 1 aromatic rings. The molecular formula is C16H19F4N3O. The van der Waals surface area contributed by atoms with Gasteiger partial charge in [0.15, 0.2) is 0 Å². The van der Waals surface area contributed by atoms with Gasteiger partial charge in [0, 0.05) is 25.2 Å². The minimum absolute atomic E-state index is 0.235. The van der Waals surface area contributed by atoms with E-state index >= 15 is 0 Å². The summed E-state index contributed by atoms with van der Waals surface area (Å²) in [6.07, 6.45) is -1.86. The first-order valence-electron chi connectivity index (χ1n) is 7.90. The molecular weight excluding hydrogens is 326 g/mol. The number of anilines is 1. The van der Waals surface area contributed by atoms with Crippen molar-refractivity contribution in [3.05, 3.63) is 29.6 Å². The predicted molar refractivity (Wildman–Crippen MR) is 81.2 cm³/mol. The Morgan fingerprint density at radius 2 is 1.92 bits per heavy atom. The van der Waals surface area contributed by atoms with E-state index < -0.39 is 29.3 Å². The molecule has 2 heterocycles. The number of halogens is 4. The molecule has 3 rings (SSSR count). The van der Waals surface area contributed by atoms with E-state index in [0.717, 1.165) is 31.4 Å². The number of benzene rings is 1.